The van der Waals surface area contributed by atoms with Gasteiger partial charge in [-0.1, -0.05) is 36.4 Å². The Morgan fingerprint density at radius 3 is 2.04 bits per heavy atom. The zero-order valence-corrected chi connectivity index (χ0v) is 15.4. The Morgan fingerprint density at radius 1 is 1.07 bits per heavy atom. The zero-order valence-electron chi connectivity index (χ0n) is 15.4. The monoisotopic (exact) mass is 388 g/mol. The lowest BCUT2D eigenvalue weighted by molar-refractivity contribution is -0.143. The lowest BCUT2D eigenvalue weighted by Gasteiger charge is -2.20. The van der Waals surface area contributed by atoms with Gasteiger partial charge in [0.2, 0.25) is 5.91 Å². The van der Waals surface area contributed by atoms with Gasteiger partial charge in [0, 0.05) is 0 Å². The van der Waals surface area contributed by atoms with E-state index < -0.39 is 35.2 Å². The molecule has 0 spiro atoms. The van der Waals surface area contributed by atoms with Gasteiger partial charge in [0.15, 0.2) is 0 Å². The Hall–Kier alpha value is -3.42. The maximum absolute atomic E-state index is 13.1. The molecule has 0 fully saturated rings. The van der Waals surface area contributed by atoms with Gasteiger partial charge in [-0.2, -0.15) is 0 Å². The molecular weight excluding hydrogens is 367 g/mol. The summed E-state index contributed by atoms with van der Waals surface area (Å²) in [6, 6.07) is 12.1. The Labute approximate surface area is 161 Å². The average molecular weight is 388 g/mol. The Kier molecular flexibility index (Phi) is 6.35. The van der Waals surface area contributed by atoms with Gasteiger partial charge in [-0.05, 0) is 42.7 Å². The van der Waals surface area contributed by atoms with Crippen molar-refractivity contribution in [3.63, 3.8) is 0 Å². The van der Waals surface area contributed by atoms with Crippen LogP contribution in [0.2, 0.25) is 0 Å². The van der Waals surface area contributed by atoms with Gasteiger partial charge in [-0.3, -0.25) is 4.79 Å². The second kappa shape index (κ2) is 8.51. The van der Waals surface area contributed by atoms with E-state index in [-0.39, 0.29) is 6.61 Å². The summed E-state index contributed by atoms with van der Waals surface area (Å²) in [6.07, 6.45) is -0.863. The van der Waals surface area contributed by atoms with E-state index in [4.69, 9.17) is 15.6 Å². The van der Waals surface area contributed by atoms with Crippen molar-refractivity contribution in [1.29, 1.82) is 0 Å². The van der Waals surface area contributed by atoms with E-state index >= 15 is 0 Å². The van der Waals surface area contributed by atoms with E-state index in [2.05, 4.69) is 5.32 Å². The van der Waals surface area contributed by atoms with Gasteiger partial charge in [0.1, 0.15) is 18.0 Å². The fraction of sp³-hybridized carbons (Fsp3) is 0.250. The van der Waals surface area contributed by atoms with Crippen LogP contribution in [0.4, 0.5) is 9.18 Å². The first-order valence-corrected chi connectivity index (χ1v) is 8.42. The largest absolute Gasteiger partial charge is 0.480 e. The van der Waals surface area contributed by atoms with Gasteiger partial charge in [-0.25, -0.2) is 14.0 Å². The molecule has 28 heavy (non-hydrogen) atoms. The van der Waals surface area contributed by atoms with Crippen molar-refractivity contribution in [2.24, 2.45) is 5.73 Å². The molecule has 2 aromatic carbocycles. The minimum Gasteiger partial charge on any atom is -0.480 e. The molecule has 0 radical (unpaired) electrons. The molecule has 0 heterocycles. The highest BCUT2D eigenvalue weighted by Crippen LogP contribution is 2.25. The van der Waals surface area contributed by atoms with Crippen LogP contribution in [0.3, 0.4) is 0 Å². The average Bonchev–Trinajstić information content (AvgIpc) is 2.62. The highest BCUT2D eigenvalue weighted by atomic mass is 19.1. The number of carboxylic acids is 1. The number of nitrogens with one attached hydrogen (secondary N) is 1. The molecule has 7 nitrogen and oxygen atoms in total. The summed E-state index contributed by atoms with van der Waals surface area (Å²) >= 11 is 0. The fourth-order valence-electron chi connectivity index (χ4n) is 2.48. The third-order valence-electron chi connectivity index (χ3n) is 4.12. The van der Waals surface area contributed by atoms with Crippen molar-refractivity contribution in [3.8, 4) is 0 Å². The maximum atomic E-state index is 13.1. The summed E-state index contributed by atoms with van der Waals surface area (Å²) in [4.78, 5) is 34.6. The smallest absolute Gasteiger partial charge is 0.408 e. The number of rotatable bonds is 7. The van der Waals surface area contributed by atoms with Crippen LogP contribution in [0, 0.1) is 5.82 Å². The normalized spacial score (nSPS) is 12.1. The maximum Gasteiger partial charge on any atom is 0.408 e. The molecule has 0 bridgehead atoms. The number of aliphatic carboxylic acids is 1. The minimum absolute atomic E-state index is 0.0837. The number of halogens is 1. The molecule has 2 amide bonds. The van der Waals surface area contributed by atoms with Crippen molar-refractivity contribution in [2.75, 3.05) is 0 Å². The summed E-state index contributed by atoms with van der Waals surface area (Å²) in [5.74, 6) is -2.92. The number of carbonyl (C=O) groups is 3. The van der Waals surface area contributed by atoms with Crippen LogP contribution in [0.5, 0.6) is 0 Å². The number of alkyl carbamates (subject to hydrolysis) is 1. The summed E-state index contributed by atoms with van der Waals surface area (Å²) in [6.45, 7) is 2.59. The van der Waals surface area contributed by atoms with Crippen LogP contribution in [0.1, 0.15) is 36.5 Å². The SMILES string of the molecule is CC(C)(NC(=O)OCc1ccc(C(C(N)=O)c2ccc(F)cc2)cc1)C(=O)O. The molecule has 4 N–H and O–H groups in total. The second-order valence-electron chi connectivity index (χ2n) is 6.76. The summed E-state index contributed by atoms with van der Waals surface area (Å²) in [5, 5.41) is 11.2. The Morgan fingerprint density at radius 2 is 1.57 bits per heavy atom. The highest BCUT2D eigenvalue weighted by molar-refractivity contribution is 5.85. The number of benzene rings is 2. The van der Waals surface area contributed by atoms with Crippen LogP contribution in [-0.4, -0.2) is 28.6 Å². The van der Waals surface area contributed by atoms with Gasteiger partial charge < -0.3 is 20.9 Å². The first kappa shape index (κ1) is 20.9. The number of ether oxygens (including phenoxy) is 1. The van der Waals surface area contributed by atoms with Crippen molar-refractivity contribution < 1.29 is 28.6 Å². The quantitative estimate of drug-likeness (QED) is 0.673. The summed E-state index contributed by atoms with van der Waals surface area (Å²) in [7, 11) is 0. The van der Waals surface area contributed by atoms with E-state index in [9.17, 15) is 18.8 Å². The molecule has 1 unspecified atom stereocenters. The van der Waals surface area contributed by atoms with Crippen molar-refractivity contribution in [2.45, 2.75) is 31.9 Å². The number of carboxylic acid groups (broad SMARTS) is 1. The molecule has 0 saturated carbocycles. The Balaban J connectivity index is 2.05. The molecule has 2 rings (SSSR count). The van der Waals surface area contributed by atoms with Crippen LogP contribution in [-0.2, 0) is 20.9 Å². The molecule has 2 aromatic rings. The van der Waals surface area contributed by atoms with Crippen molar-refractivity contribution in [1.82, 2.24) is 5.32 Å². The summed E-state index contributed by atoms with van der Waals surface area (Å²) in [5.41, 5.74) is 5.85. The van der Waals surface area contributed by atoms with Crippen LogP contribution in [0.15, 0.2) is 48.5 Å². The van der Waals surface area contributed by atoms with Gasteiger partial charge >= 0.3 is 12.1 Å². The summed E-state index contributed by atoms with van der Waals surface area (Å²) < 4.78 is 18.1. The molecule has 8 heteroatoms. The topological polar surface area (TPSA) is 119 Å². The zero-order chi connectivity index (χ0) is 20.9. The second-order valence-corrected chi connectivity index (χ2v) is 6.76. The van der Waals surface area contributed by atoms with E-state index in [1.165, 1.54) is 38.1 Å². The molecule has 0 aliphatic heterocycles. The molecule has 0 aliphatic rings. The van der Waals surface area contributed by atoms with Crippen LogP contribution < -0.4 is 11.1 Å². The Bertz CT molecular complexity index is 863. The molecule has 0 aromatic heterocycles. The number of carbonyl (C=O) groups excluding carboxylic acids is 2. The van der Waals surface area contributed by atoms with Crippen molar-refractivity contribution in [3.05, 3.63) is 71.0 Å². The minimum atomic E-state index is -1.45. The van der Waals surface area contributed by atoms with Gasteiger partial charge in [0.25, 0.3) is 0 Å². The lowest BCUT2D eigenvalue weighted by Crippen LogP contribution is -2.49. The molecule has 0 aliphatic carbocycles. The third-order valence-corrected chi connectivity index (χ3v) is 4.12. The first-order valence-electron chi connectivity index (χ1n) is 8.42. The van der Waals surface area contributed by atoms with Gasteiger partial charge in [0.05, 0.1) is 5.92 Å². The van der Waals surface area contributed by atoms with E-state index in [0.29, 0.717) is 16.7 Å². The lowest BCUT2D eigenvalue weighted by atomic mass is 9.90. The number of hydrogen-bond acceptors (Lipinski definition) is 4. The predicted octanol–water partition coefficient (Wildman–Crippen LogP) is 2.53. The predicted molar refractivity (Wildman–Crippen MR) is 98.9 cm³/mol. The molecule has 0 saturated heterocycles. The molecule has 148 valence electrons. The number of primary amides is 1. The first-order chi connectivity index (χ1) is 13.1. The molecule has 1 atom stereocenters. The number of nitrogens with two attached hydrogens (primary N) is 1. The van der Waals surface area contributed by atoms with Crippen molar-refractivity contribution >= 4 is 18.0 Å². The highest BCUT2D eigenvalue weighted by Gasteiger charge is 2.29. The number of amides is 2. The fourth-order valence-corrected chi connectivity index (χ4v) is 2.48. The van der Waals surface area contributed by atoms with E-state index in [0.717, 1.165) is 0 Å². The van der Waals surface area contributed by atoms with E-state index in [1.54, 1.807) is 24.3 Å². The molecular formula is C20H21FN2O5. The van der Waals surface area contributed by atoms with Gasteiger partial charge in [-0.15, -0.1) is 0 Å². The van der Waals surface area contributed by atoms with E-state index in [1.807, 2.05) is 0 Å². The standard InChI is InChI=1S/C20H21FN2O5/c1-20(2,18(25)26)23-19(27)28-11-12-3-5-13(6-4-12)16(17(22)24)14-7-9-15(21)10-8-14/h3-10,16H,11H2,1-2H3,(H2,22,24)(H,23,27)(H,25,26). The van der Waals surface area contributed by atoms with Crippen LogP contribution in [0.25, 0.3) is 0 Å². The van der Waals surface area contributed by atoms with Crippen LogP contribution >= 0.6 is 0 Å². The number of hydrogen-bond donors (Lipinski definition) is 3. The third kappa shape index (κ3) is 5.29.